The number of anilines is 1. The van der Waals surface area contributed by atoms with Crippen molar-refractivity contribution in [2.24, 2.45) is 5.92 Å². The van der Waals surface area contributed by atoms with Crippen molar-refractivity contribution in [3.63, 3.8) is 0 Å². The number of ether oxygens (including phenoxy) is 1. The van der Waals surface area contributed by atoms with Gasteiger partial charge in [-0.15, -0.1) is 0 Å². The van der Waals surface area contributed by atoms with E-state index in [4.69, 9.17) is 0 Å². The van der Waals surface area contributed by atoms with Gasteiger partial charge in [0.1, 0.15) is 5.54 Å². The summed E-state index contributed by atoms with van der Waals surface area (Å²) in [5.41, 5.74) is 5.11. The molecule has 2 saturated carbocycles. The molecule has 288 valence electrons. The molecule has 10 nitrogen and oxygen atoms in total. The van der Waals surface area contributed by atoms with Crippen LogP contribution < -0.4 is 16.0 Å². The highest BCUT2D eigenvalue weighted by Crippen LogP contribution is 2.47. The SMILES string of the molecule is COC(=O)/C=C/c1ccc(NC(=O)C2(NC(=O)c3ccc4c(C5CCCCC5)c5n(c4c3)CC(C(=O)NCCN(C)C)=CC3C=CC=C[C@@H]53)CCCC2)cc1. The summed E-state index contributed by atoms with van der Waals surface area (Å²) in [4.78, 5) is 55.5. The van der Waals surface area contributed by atoms with Crippen molar-refractivity contribution >= 4 is 46.4 Å². The Bertz CT molecular complexity index is 2060. The summed E-state index contributed by atoms with van der Waals surface area (Å²) in [6, 6.07) is 13.2. The number of hydrogen-bond donors (Lipinski definition) is 3. The maximum Gasteiger partial charge on any atom is 0.330 e. The lowest BCUT2D eigenvalue weighted by Gasteiger charge is -2.29. The second-order valence-corrected chi connectivity index (χ2v) is 15.8. The van der Waals surface area contributed by atoms with E-state index in [2.05, 4.69) is 66.6 Å². The molecule has 2 heterocycles. The number of allylic oxidation sites excluding steroid dienone is 5. The molecule has 1 aliphatic heterocycles. The molecule has 0 bridgehead atoms. The molecule has 1 unspecified atom stereocenters. The highest BCUT2D eigenvalue weighted by atomic mass is 16.5. The molecule has 7 rings (SSSR count). The predicted molar refractivity (Wildman–Crippen MR) is 217 cm³/mol. The van der Waals surface area contributed by atoms with Gasteiger partial charge in [-0.2, -0.15) is 0 Å². The minimum Gasteiger partial charge on any atom is -0.466 e. The molecular weight excluding hydrogens is 691 g/mol. The predicted octanol–water partition coefficient (Wildman–Crippen LogP) is 7.00. The molecule has 0 radical (unpaired) electrons. The van der Waals surface area contributed by atoms with Gasteiger partial charge in [-0.1, -0.05) is 80.7 Å². The summed E-state index contributed by atoms with van der Waals surface area (Å²) in [5, 5.41) is 10.5. The van der Waals surface area contributed by atoms with Crippen molar-refractivity contribution in [3.05, 3.63) is 107 Å². The van der Waals surface area contributed by atoms with Crippen LogP contribution in [-0.4, -0.2) is 73.0 Å². The van der Waals surface area contributed by atoms with Gasteiger partial charge in [0, 0.05) is 64.4 Å². The summed E-state index contributed by atoms with van der Waals surface area (Å²) in [6.45, 7) is 1.71. The van der Waals surface area contributed by atoms with Crippen molar-refractivity contribution in [1.82, 2.24) is 20.1 Å². The number of benzene rings is 2. The van der Waals surface area contributed by atoms with Crippen LogP contribution in [0, 0.1) is 5.92 Å². The standard InChI is InChI=1S/C45H53N5O5/c1-49(2)26-25-46-42(52)34-27-32-13-7-8-14-36(32)41-40(31-11-5-4-6-12-31)37-21-18-33(28-38(37)50(41)29-34)43(53)48-45(23-9-10-24-45)44(54)47-35-19-15-30(16-20-35)17-22-39(51)55-3/h7-8,13-22,27-28,31-32,36H,4-6,9-12,23-26,29H2,1-3H3,(H,46,52)(H,47,54)(H,48,53)/b22-17+/t32?,36-/m1/s1. The fourth-order valence-corrected chi connectivity index (χ4v) is 8.89. The van der Waals surface area contributed by atoms with Crippen molar-refractivity contribution in [3.8, 4) is 0 Å². The molecule has 2 fully saturated rings. The fourth-order valence-electron chi connectivity index (χ4n) is 8.89. The quantitative estimate of drug-likeness (QED) is 0.144. The van der Waals surface area contributed by atoms with Crippen LogP contribution in [0.3, 0.4) is 0 Å². The summed E-state index contributed by atoms with van der Waals surface area (Å²) in [6.07, 6.45) is 22.4. The smallest absolute Gasteiger partial charge is 0.330 e. The molecule has 4 aliphatic rings. The van der Waals surface area contributed by atoms with E-state index in [1.807, 2.05) is 38.4 Å². The molecule has 1 aromatic heterocycles. The number of amides is 3. The molecule has 55 heavy (non-hydrogen) atoms. The second-order valence-electron chi connectivity index (χ2n) is 15.8. The minimum absolute atomic E-state index is 0.0449. The largest absolute Gasteiger partial charge is 0.466 e. The Morgan fingerprint density at radius 2 is 1.67 bits per heavy atom. The first-order valence-electron chi connectivity index (χ1n) is 19.8. The number of likely N-dealkylation sites (N-methyl/N-ethyl adjacent to an activating group) is 1. The van der Waals surface area contributed by atoms with E-state index in [1.54, 1.807) is 18.2 Å². The summed E-state index contributed by atoms with van der Waals surface area (Å²) >= 11 is 0. The molecule has 3 aliphatic carbocycles. The third kappa shape index (κ3) is 8.25. The van der Waals surface area contributed by atoms with Crippen LogP contribution in [0.15, 0.2) is 84.5 Å². The number of esters is 1. The number of nitrogens with one attached hydrogen (secondary N) is 3. The lowest BCUT2D eigenvalue weighted by molar-refractivity contribution is -0.134. The minimum atomic E-state index is -1.05. The first kappa shape index (κ1) is 38.1. The summed E-state index contributed by atoms with van der Waals surface area (Å²) in [7, 11) is 5.32. The summed E-state index contributed by atoms with van der Waals surface area (Å²) < 4.78 is 6.97. The normalized spacial score (nSPS) is 20.5. The Labute approximate surface area is 323 Å². The van der Waals surface area contributed by atoms with Crippen LogP contribution in [0.1, 0.15) is 96.8 Å². The van der Waals surface area contributed by atoms with Crippen molar-refractivity contribution in [1.29, 1.82) is 0 Å². The van der Waals surface area contributed by atoms with Gasteiger partial charge in [0.15, 0.2) is 0 Å². The number of nitrogens with zero attached hydrogens (tertiary/aromatic N) is 2. The van der Waals surface area contributed by atoms with E-state index in [0.717, 1.165) is 54.3 Å². The highest BCUT2D eigenvalue weighted by Gasteiger charge is 2.43. The molecule has 0 saturated heterocycles. The molecule has 0 spiro atoms. The lowest BCUT2D eigenvalue weighted by atomic mass is 9.77. The number of aromatic nitrogens is 1. The Morgan fingerprint density at radius 1 is 0.927 bits per heavy atom. The first-order chi connectivity index (χ1) is 26.7. The zero-order valence-electron chi connectivity index (χ0n) is 32.2. The van der Waals surface area contributed by atoms with Crippen LogP contribution in [0.4, 0.5) is 5.69 Å². The second kappa shape index (κ2) is 16.7. The Morgan fingerprint density at radius 3 is 2.40 bits per heavy atom. The Kier molecular flexibility index (Phi) is 11.5. The van der Waals surface area contributed by atoms with Gasteiger partial charge in [0.2, 0.25) is 11.8 Å². The fraction of sp³-hybridized carbons (Fsp3) is 0.422. The van der Waals surface area contributed by atoms with Gasteiger partial charge in [0.25, 0.3) is 5.91 Å². The van der Waals surface area contributed by atoms with Crippen molar-refractivity contribution in [2.75, 3.05) is 39.6 Å². The summed E-state index contributed by atoms with van der Waals surface area (Å²) in [5.74, 6) is -0.516. The van der Waals surface area contributed by atoms with Gasteiger partial charge < -0.3 is 30.2 Å². The van der Waals surface area contributed by atoms with Gasteiger partial charge in [0.05, 0.1) is 13.7 Å². The van der Waals surface area contributed by atoms with E-state index >= 15 is 0 Å². The Balaban J connectivity index is 1.20. The number of methoxy groups -OCH3 is 1. The topological polar surface area (TPSA) is 122 Å². The average molecular weight is 744 g/mol. The molecule has 3 aromatic rings. The van der Waals surface area contributed by atoms with Crippen molar-refractivity contribution in [2.45, 2.75) is 81.7 Å². The average Bonchev–Trinajstić information content (AvgIpc) is 3.75. The van der Waals surface area contributed by atoms with E-state index in [0.29, 0.717) is 43.1 Å². The number of carbonyl (C=O) groups excluding carboxylic acids is 4. The van der Waals surface area contributed by atoms with Crippen LogP contribution >= 0.6 is 0 Å². The molecule has 10 heteroatoms. The van der Waals surface area contributed by atoms with Gasteiger partial charge in [-0.05, 0) is 87.2 Å². The molecule has 2 aromatic carbocycles. The maximum absolute atomic E-state index is 14.3. The van der Waals surface area contributed by atoms with Crippen LogP contribution in [0.2, 0.25) is 0 Å². The highest BCUT2D eigenvalue weighted by molar-refractivity contribution is 6.05. The molecule has 2 atom stereocenters. The van der Waals surface area contributed by atoms with Crippen LogP contribution in [0.5, 0.6) is 0 Å². The number of fused-ring (bicyclic) bond motifs is 5. The van der Waals surface area contributed by atoms with Crippen LogP contribution in [0.25, 0.3) is 17.0 Å². The van der Waals surface area contributed by atoms with Crippen molar-refractivity contribution < 1.29 is 23.9 Å². The molecule has 3 N–H and O–H groups in total. The van der Waals surface area contributed by atoms with Crippen LogP contribution in [-0.2, 0) is 25.7 Å². The third-order valence-electron chi connectivity index (χ3n) is 11.8. The van der Waals surface area contributed by atoms with Gasteiger partial charge >= 0.3 is 5.97 Å². The Hall–Kier alpha value is -5.22. The monoisotopic (exact) mass is 743 g/mol. The first-order valence-corrected chi connectivity index (χ1v) is 19.8. The van der Waals surface area contributed by atoms with Gasteiger partial charge in [-0.25, -0.2) is 4.79 Å². The van der Waals surface area contributed by atoms with E-state index in [1.165, 1.54) is 43.7 Å². The lowest BCUT2D eigenvalue weighted by Crippen LogP contribution is -2.55. The number of hydrogen-bond acceptors (Lipinski definition) is 6. The van der Waals surface area contributed by atoms with E-state index < -0.39 is 11.5 Å². The molecular formula is C45H53N5O5. The van der Waals surface area contributed by atoms with Gasteiger partial charge in [-0.3, -0.25) is 14.4 Å². The maximum atomic E-state index is 14.3. The number of carbonyl (C=O) groups is 4. The zero-order valence-corrected chi connectivity index (χ0v) is 32.2. The van der Waals surface area contributed by atoms with E-state index in [9.17, 15) is 19.2 Å². The zero-order chi connectivity index (χ0) is 38.5. The van der Waals surface area contributed by atoms with E-state index in [-0.39, 0.29) is 29.6 Å². The third-order valence-corrected chi connectivity index (χ3v) is 11.8. The molecule has 3 amide bonds. The number of rotatable bonds is 11.